The molecule has 24 heavy (non-hydrogen) atoms. The van der Waals surface area contributed by atoms with Gasteiger partial charge in [0.2, 0.25) is 11.8 Å². The zero-order chi connectivity index (χ0) is 17.0. The summed E-state index contributed by atoms with van der Waals surface area (Å²) >= 11 is 0. The van der Waals surface area contributed by atoms with Gasteiger partial charge in [0.1, 0.15) is 0 Å². The molecule has 0 aliphatic carbocycles. The molecule has 0 saturated carbocycles. The van der Waals surface area contributed by atoms with E-state index in [1.54, 1.807) is 0 Å². The van der Waals surface area contributed by atoms with E-state index in [1.807, 2.05) is 0 Å². The molecule has 7 nitrogen and oxygen atoms in total. The molecule has 3 N–H and O–H groups in total. The molecule has 0 aromatic rings. The van der Waals surface area contributed by atoms with Crippen LogP contribution in [0.15, 0.2) is 10.2 Å². The highest BCUT2D eigenvalue weighted by Gasteiger charge is 2.47. The molecule has 7 heteroatoms. The molecule has 2 saturated heterocycles. The van der Waals surface area contributed by atoms with E-state index >= 15 is 0 Å². The largest absolute Gasteiger partial charge is 0.356 e. The number of piperidine rings is 2. The summed E-state index contributed by atoms with van der Waals surface area (Å²) in [6.07, 6.45) is 9.55. The monoisotopic (exact) mass is 331 g/mol. The molecule has 2 fully saturated rings. The van der Waals surface area contributed by atoms with E-state index in [1.165, 1.54) is 0 Å². The van der Waals surface area contributed by atoms with Crippen LogP contribution >= 0.6 is 0 Å². The lowest BCUT2D eigenvalue weighted by Crippen LogP contribution is -2.57. The predicted molar refractivity (Wildman–Crippen MR) is 88.9 cm³/mol. The Kier molecular flexibility index (Phi) is 4.86. The van der Waals surface area contributed by atoms with Gasteiger partial charge in [0.25, 0.3) is 0 Å². The number of nitrogens with one attached hydrogen (secondary N) is 3. The first kappa shape index (κ1) is 16.9. The van der Waals surface area contributed by atoms with E-state index in [0.29, 0.717) is 32.4 Å². The lowest BCUT2D eigenvalue weighted by molar-refractivity contribution is -0.138. The van der Waals surface area contributed by atoms with Gasteiger partial charge in [0.05, 0.1) is 5.92 Å². The van der Waals surface area contributed by atoms with Gasteiger partial charge in [-0.2, -0.15) is 10.2 Å². The second kappa shape index (κ2) is 6.89. The van der Waals surface area contributed by atoms with Crippen LogP contribution < -0.4 is 16.0 Å². The minimum Gasteiger partial charge on any atom is -0.356 e. The van der Waals surface area contributed by atoms with E-state index in [4.69, 9.17) is 6.42 Å². The van der Waals surface area contributed by atoms with Gasteiger partial charge in [-0.15, -0.1) is 12.3 Å². The topological polar surface area (TPSA) is 95.0 Å². The first-order valence-electron chi connectivity index (χ1n) is 8.72. The number of terminal acetylenes is 1. The van der Waals surface area contributed by atoms with Crippen LogP contribution in [0.1, 0.15) is 38.5 Å². The first-order valence-corrected chi connectivity index (χ1v) is 8.72. The van der Waals surface area contributed by atoms with Gasteiger partial charge in [-0.1, -0.05) is 0 Å². The molecule has 0 bridgehead atoms. The smallest absolute Gasteiger partial charge is 0.225 e. The van der Waals surface area contributed by atoms with Crippen molar-refractivity contribution in [2.75, 3.05) is 26.2 Å². The van der Waals surface area contributed by atoms with Gasteiger partial charge < -0.3 is 16.0 Å². The third-order valence-corrected chi connectivity index (χ3v) is 5.55. The van der Waals surface area contributed by atoms with Crippen molar-refractivity contribution in [2.24, 2.45) is 21.6 Å². The molecule has 130 valence electrons. The number of amides is 2. The molecular formula is C17H25N5O2. The summed E-state index contributed by atoms with van der Waals surface area (Å²) in [6, 6.07) is 0. The van der Waals surface area contributed by atoms with Crippen LogP contribution in [-0.4, -0.2) is 43.7 Å². The molecule has 0 aromatic carbocycles. The molecule has 1 unspecified atom stereocenters. The normalized spacial score (nSPS) is 26.5. The van der Waals surface area contributed by atoms with Gasteiger partial charge in [-0.25, -0.2) is 0 Å². The molecule has 3 heterocycles. The van der Waals surface area contributed by atoms with Gasteiger partial charge >= 0.3 is 0 Å². The first-order chi connectivity index (χ1) is 11.6. The number of hydrogen-bond acceptors (Lipinski definition) is 5. The highest BCUT2D eigenvalue weighted by Crippen LogP contribution is 2.42. The summed E-state index contributed by atoms with van der Waals surface area (Å²) in [5.74, 6) is 2.54. The fourth-order valence-electron chi connectivity index (χ4n) is 3.94. The van der Waals surface area contributed by atoms with Crippen LogP contribution in [0.25, 0.3) is 0 Å². The van der Waals surface area contributed by atoms with Crippen molar-refractivity contribution < 1.29 is 9.59 Å². The molecule has 3 aliphatic rings. The van der Waals surface area contributed by atoms with Gasteiger partial charge in [0.15, 0.2) is 5.66 Å². The number of hydrogen-bond donors (Lipinski definition) is 3. The van der Waals surface area contributed by atoms with E-state index in [2.05, 4.69) is 32.1 Å². The lowest BCUT2D eigenvalue weighted by atomic mass is 9.64. The summed E-state index contributed by atoms with van der Waals surface area (Å²) in [6.45, 7) is 2.70. The third-order valence-electron chi connectivity index (χ3n) is 5.55. The maximum atomic E-state index is 12.7. The minimum atomic E-state index is -0.368. The van der Waals surface area contributed by atoms with Crippen LogP contribution in [-0.2, 0) is 9.59 Å². The Morgan fingerprint density at radius 3 is 2.75 bits per heavy atom. The minimum absolute atomic E-state index is 0.0321. The van der Waals surface area contributed by atoms with E-state index in [0.717, 1.165) is 32.4 Å². The summed E-state index contributed by atoms with van der Waals surface area (Å²) in [5.41, 5.74) is -0.569. The highest BCUT2D eigenvalue weighted by molar-refractivity contribution is 5.85. The van der Waals surface area contributed by atoms with Crippen LogP contribution in [0.3, 0.4) is 0 Å². The SMILES string of the molecule is C#CCCC1(CCNC(=O)C2CNC(=O)CC23CCNCC3)N=N1. The molecule has 1 atom stereocenters. The van der Waals surface area contributed by atoms with E-state index < -0.39 is 0 Å². The standard InChI is InChI=1S/C17H25N5O2/c1-2-3-4-17(21-22-17)7-10-19-15(24)13-12-20-14(23)11-16(13)5-8-18-9-6-16/h1,13,18H,3-12H2,(H,19,24)(H,20,23). The van der Waals surface area contributed by atoms with Crippen LogP contribution in [0.5, 0.6) is 0 Å². The average Bonchev–Trinajstić information content (AvgIpc) is 3.34. The number of rotatable bonds is 6. The Morgan fingerprint density at radius 2 is 2.08 bits per heavy atom. The molecule has 1 spiro atoms. The molecule has 3 aliphatic heterocycles. The van der Waals surface area contributed by atoms with Crippen LogP contribution in [0, 0.1) is 23.7 Å². The Hall–Kier alpha value is -1.94. The maximum absolute atomic E-state index is 12.7. The summed E-state index contributed by atoms with van der Waals surface area (Å²) < 4.78 is 0. The average molecular weight is 331 g/mol. The number of nitrogens with zero attached hydrogens (tertiary/aromatic N) is 2. The second-order valence-corrected chi connectivity index (χ2v) is 7.07. The second-order valence-electron chi connectivity index (χ2n) is 7.07. The zero-order valence-electron chi connectivity index (χ0n) is 13.9. The van der Waals surface area contributed by atoms with Crippen molar-refractivity contribution in [1.82, 2.24) is 16.0 Å². The molecule has 0 radical (unpaired) electrons. The fourth-order valence-corrected chi connectivity index (χ4v) is 3.94. The van der Waals surface area contributed by atoms with Crippen molar-refractivity contribution in [3.8, 4) is 12.3 Å². The summed E-state index contributed by atoms with van der Waals surface area (Å²) in [7, 11) is 0. The van der Waals surface area contributed by atoms with Gasteiger partial charge in [0, 0.05) is 38.8 Å². The predicted octanol–water partition coefficient (Wildman–Crippen LogP) is 0.574. The van der Waals surface area contributed by atoms with E-state index in [9.17, 15) is 9.59 Å². The van der Waals surface area contributed by atoms with Gasteiger partial charge in [-0.05, 0) is 31.3 Å². The van der Waals surface area contributed by atoms with Crippen LogP contribution in [0.4, 0.5) is 0 Å². The highest BCUT2D eigenvalue weighted by atomic mass is 16.2. The zero-order valence-corrected chi connectivity index (χ0v) is 13.9. The Labute approximate surface area is 142 Å². The summed E-state index contributed by atoms with van der Waals surface area (Å²) in [5, 5.41) is 17.4. The Morgan fingerprint density at radius 1 is 1.33 bits per heavy atom. The molecule has 0 aromatic heterocycles. The van der Waals surface area contributed by atoms with Crippen LogP contribution in [0.2, 0.25) is 0 Å². The van der Waals surface area contributed by atoms with Crippen molar-refractivity contribution in [2.45, 2.75) is 44.2 Å². The Balaban J connectivity index is 1.53. The Bertz CT molecular complexity index is 568. The number of carbonyl (C=O) groups is 2. The van der Waals surface area contributed by atoms with Crippen molar-refractivity contribution in [3.63, 3.8) is 0 Å². The maximum Gasteiger partial charge on any atom is 0.225 e. The molecule has 2 amide bonds. The third kappa shape index (κ3) is 3.59. The van der Waals surface area contributed by atoms with Crippen molar-refractivity contribution in [3.05, 3.63) is 0 Å². The van der Waals surface area contributed by atoms with Crippen molar-refractivity contribution in [1.29, 1.82) is 0 Å². The number of carbonyl (C=O) groups excluding carboxylic acids is 2. The quantitative estimate of drug-likeness (QED) is 0.621. The molecular weight excluding hydrogens is 306 g/mol. The fraction of sp³-hybridized carbons (Fsp3) is 0.765. The lowest BCUT2D eigenvalue weighted by Gasteiger charge is -2.45. The van der Waals surface area contributed by atoms with E-state index in [-0.39, 0.29) is 28.8 Å². The van der Waals surface area contributed by atoms with Gasteiger partial charge in [-0.3, -0.25) is 9.59 Å². The van der Waals surface area contributed by atoms with Crippen molar-refractivity contribution >= 4 is 11.8 Å². The molecule has 3 rings (SSSR count). The summed E-state index contributed by atoms with van der Waals surface area (Å²) in [4.78, 5) is 24.6.